The van der Waals surface area contributed by atoms with Crippen LogP contribution in [0.4, 0.5) is 9.59 Å². The zero-order valence-corrected chi connectivity index (χ0v) is 11.6. The Balaban J connectivity index is 4.08. The molecular formula is C8H11Cl3N2O4. The molecule has 0 unspecified atom stereocenters. The van der Waals surface area contributed by atoms with E-state index in [0.717, 1.165) is 0 Å². The van der Waals surface area contributed by atoms with E-state index < -0.39 is 28.2 Å². The second-order valence-electron chi connectivity index (χ2n) is 3.85. The van der Waals surface area contributed by atoms with E-state index in [1.54, 1.807) is 20.8 Å². The molecule has 2 amide bonds. The molecule has 98 valence electrons. The maximum Gasteiger partial charge on any atom is 0.453 e. The van der Waals surface area contributed by atoms with Crippen molar-refractivity contribution >= 4 is 47.0 Å². The van der Waals surface area contributed by atoms with E-state index in [-0.39, 0.29) is 0 Å². The molecule has 9 heteroatoms. The molecule has 0 aromatic rings. The Morgan fingerprint density at radius 1 is 1.06 bits per heavy atom. The molecule has 0 spiro atoms. The summed E-state index contributed by atoms with van der Waals surface area (Å²) in [5, 5.41) is 5.89. The zero-order valence-electron chi connectivity index (χ0n) is 9.37. The minimum atomic E-state index is -1.74. The minimum Gasteiger partial charge on any atom is -0.442 e. The van der Waals surface area contributed by atoms with Crippen molar-refractivity contribution in [2.45, 2.75) is 30.2 Å². The molecule has 0 heterocycles. The number of halogens is 3. The van der Waals surface area contributed by atoms with Crippen LogP contribution in [0.5, 0.6) is 0 Å². The summed E-state index contributed by atoms with van der Waals surface area (Å²) < 4.78 is 7.39. The molecule has 0 atom stereocenters. The lowest BCUT2D eigenvalue weighted by molar-refractivity contribution is 0.0586. The highest BCUT2D eigenvalue weighted by Gasteiger charge is 2.22. The van der Waals surface area contributed by atoms with E-state index in [0.29, 0.717) is 0 Å². The highest BCUT2D eigenvalue weighted by Crippen LogP contribution is 2.26. The molecule has 0 bridgehead atoms. The van der Waals surface area contributed by atoms with Crippen molar-refractivity contribution in [3.05, 3.63) is 0 Å². The molecule has 0 N–H and O–H groups in total. The average Bonchev–Trinajstić information content (AvgIpc) is 2.07. The van der Waals surface area contributed by atoms with E-state index in [4.69, 9.17) is 39.5 Å². The Hall–Kier alpha value is -0.590. The van der Waals surface area contributed by atoms with Crippen LogP contribution in [-0.4, -0.2) is 28.2 Å². The summed E-state index contributed by atoms with van der Waals surface area (Å²) in [6.45, 7) is 4.43. The van der Waals surface area contributed by atoms with Gasteiger partial charge >= 0.3 is 12.2 Å². The largest absolute Gasteiger partial charge is 0.453 e. The van der Waals surface area contributed by atoms with Gasteiger partial charge in [-0.2, -0.15) is 0 Å². The third-order valence-electron chi connectivity index (χ3n) is 0.966. The van der Waals surface area contributed by atoms with Gasteiger partial charge in [-0.3, -0.25) is 0 Å². The molecule has 0 rings (SSSR count). The van der Waals surface area contributed by atoms with Crippen molar-refractivity contribution in [2.75, 3.05) is 6.61 Å². The lowest BCUT2D eigenvalue weighted by atomic mass is 10.2. The Bertz CT molecular complexity index is 320. The van der Waals surface area contributed by atoms with Gasteiger partial charge in [-0.15, -0.1) is 0 Å². The molecule has 0 aliphatic heterocycles. The third kappa shape index (κ3) is 11.7. The number of carbonyl (C=O) groups is 2. The average molecular weight is 306 g/mol. The number of hydrogen-bond donors (Lipinski definition) is 0. The van der Waals surface area contributed by atoms with Gasteiger partial charge in [0.05, 0.1) is 0 Å². The number of rotatable bonds is 1. The number of hydrogen-bond acceptors (Lipinski definition) is 4. The molecule has 0 aromatic carbocycles. The maximum absolute atomic E-state index is 11.0. The quantitative estimate of drug-likeness (QED) is 0.544. The van der Waals surface area contributed by atoms with Crippen LogP contribution in [0.3, 0.4) is 0 Å². The number of nitrogens with zero attached hydrogens (tertiary/aromatic N) is 2. The van der Waals surface area contributed by atoms with Gasteiger partial charge in [0, 0.05) is 0 Å². The first kappa shape index (κ1) is 16.4. The number of alkyl halides is 3. The molecule has 0 fully saturated rings. The van der Waals surface area contributed by atoms with E-state index in [9.17, 15) is 9.59 Å². The first-order valence-corrected chi connectivity index (χ1v) is 5.51. The summed E-state index contributed by atoms with van der Waals surface area (Å²) in [5.74, 6) is 0. The van der Waals surface area contributed by atoms with Crippen molar-refractivity contribution in [3.63, 3.8) is 0 Å². The fourth-order valence-electron chi connectivity index (χ4n) is 0.536. The van der Waals surface area contributed by atoms with Crippen molar-refractivity contribution in [1.29, 1.82) is 0 Å². The fourth-order valence-corrected chi connectivity index (χ4v) is 0.700. The second kappa shape index (κ2) is 6.37. The van der Waals surface area contributed by atoms with Crippen LogP contribution in [-0.2, 0) is 9.47 Å². The highest BCUT2D eigenvalue weighted by molar-refractivity contribution is 6.67. The van der Waals surface area contributed by atoms with Gasteiger partial charge in [0.15, 0.2) is 0 Å². The first-order chi connectivity index (χ1) is 7.49. The van der Waals surface area contributed by atoms with Gasteiger partial charge in [0.2, 0.25) is 3.79 Å². The molecule has 17 heavy (non-hydrogen) atoms. The summed E-state index contributed by atoms with van der Waals surface area (Å²) >= 11 is 16.0. The predicted octanol–water partition coefficient (Wildman–Crippen LogP) is 3.88. The monoisotopic (exact) mass is 304 g/mol. The van der Waals surface area contributed by atoms with Crippen LogP contribution in [0.1, 0.15) is 20.8 Å². The lowest BCUT2D eigenvalue weighted by Crippen LogP contribution is -2.22. The summed E-state index contributed by atoms with van der Waals surface area (Å²) in [4.78, 5) is 21.9. The van der Waals surface area contributed by atoms with E-state index in [1.165, 1.54) is 0 Å². The SMILES string of the molecule is CC(C)(C)OC(=O)/N=N/C(=O)OCC(Cl)(Cl)Cl. The predicted molar refractivity (Wildman–Crippen MR) is 62.7 cm³/mol. The Morgan fingerprint density at radius 3 is 1.94 bits per heavy atom. The van der Waals surface area contributed by atoms with E-state index >= 15 is 0 Å². The molecule has 0 aliphatic rings. The van der Waals surface area contributed by atoms with Crippen LogP contribution in [0.25, 0.3) is 0 Å². The summed E-state index contributed by atoms with van der Waals surface area (Å²) in [5.41, 5.74) is -0.725. The van der Waals surface area contributed by atoms with Gasteiger partial charge in [-0.05, 0) is 20.8 Å². The van der Waals surface area contributed by atoms with E-state index in [2.05, 4.69) is 15.0 Å². The van der Waals surface area contributed by atoms with Crippen LogP contribution < -0.4 is 0 Å². The Morgan fingerprint density at radius 2 is 1.53 bits per heavy atom. The topological polar surface area (TPSA) is 77.3 Å². The van der Waals surface area contributed by atoms with Gasteiger partial charge in [-0.1, -0.05) is 45.0 Å². The highest BCUT2D eigenvalue weighted by atomic mass is 35.6. The van der Waals surface area contributed by atoms with Crippen LogP contribution in [0.15, 0.2) is 10.2 Å². The standard InChI is InChI=1S/C8H11Cl3N2O4/c1-7(2,3)17-6(15)13-12-5(14)16-4-8(9,10)11/h4H2,1-3H3/b13-12+. The Labute approximate surface area is 113 Å². The van der Waals surface area contributed by atoms with Gasteiger partial charge < -0.3 is 9.47 Å². The minimum absolute atomic E-state index is 0.496. The van der Waals surface area contributed by atoms with Crippen molar-refractivity contribution in [1.82, 2.24) is 0 Å². The summed E-state index contributed by atoms with van der Waals surface area (Å²) in [7, 11) is 0. The van der Waals surface area contributed by atoms with Crippen LogP contribution in [0.2, 0.25) is 0 Å². The molecule has 0 aromatic heterocycles. The molecule has 0 saturated heterocycles. The Kier molecular flexibility index (Phi) is 6.15. The van der Waals surface area contributed by atoms with E-state index in [1.807, 2.05) is 0 Å². The zero-order chi connectivity index (χ0) is 13.7. The van der Waals surface area contributed by atoms with Gasteiger partial charge in [-0.25, -0.2) is 9.59 Å². The molecular weight excluding hydrogens is 294 g/mol. The van der Waals surface area contributed by atoms with Crippen molar-refractivity contribution in [3.8, 4) is 0 Å². The fraction of sp³-hybridized carbons (Fsp3) is 0.750. The molecule has 0 aliphatic carbocycles. The number of carbonyl (C=O) groups excluding carboxylic acids is 2. The number of azo groups is 1. The molecule has 0 saturated carbocycles. The lowest BCUT2D eigenvalue weighted by Gasteiger charge is -2.16. The molecule has 6 nitrogen and oxygen atoms in total. The number of amides is 2. The van der Waals surface area contributed by atoms with Crippen LogP contribution in [0, 0.1) is 0 Å². The van der Waals surface area contributed by atoms with Crippen molar-refractivity contribution in [2.24, 2.45) is 10.2 Å². The maximum atomic E-state index is 11.0. The summed E-state index contributed by atoms with van der Waals surface area (Å²) in [6.07, 6.45) is -2.16. The second-order valence-corrected chi connectivity index (χ2v) is 6.37. The smallest absolute Gasteiger partial charge is 0.442 e. The normalized spacial score (nSPS) is 12.6. The molecule has 0 radical (unpaired) electrons. The van der Waals surface area contributed by atoms with Crippen LogP contribution >= 0.6 is 34.8 Å². The van der Waals surface area contributed by atoms with Gasteiger partial charge in [0.25, 0.3) is 0 Å². The van der Waals surface area contributed by atoms with Gasteiger partial charge in [0.1, 0.15) is 12.2 Å². The third-order valence-corrected chi connectivity index (χ3v) is 1.29. The summed E-state index contributed by atoms with van der Waals surface area (Å²) in [6, 6.07) is 0. The number of ether oxygens (including phenoxy) is 2. The first-order valence-electron chi connectivity index (χ1n) is 4.38. The van der Waals surface area contributed by atoms with Crippen molar-refractivity contribution < 1.29 is 19.1 Å².